The Hall–Kier alpha value is -5.28. The lowest BCUT2D eigenvalue weighted by atomic mass is 9.70. The molecule has 5 fully saturated rings. The van der Waals surface area contributed by atoms with E-state index in [9.17, 15) is 0 Å². The van der Waals surface area contributed by atoms with E-state index in [2.05, 4.69) is 194 Å². The number of rotatable bonds is 5. The summed E-state index contributed by atoms with van der Waals surface area (Å²) in [6, 6.07) is 34.5. The Kier molecular flexibility index (Phi) is 77.7. The molecule has 4 heterocycles. The van der Waals surface area contributed by atoms with Gasteiger partial charge >= 0.3 is 0 Å². The van der Waals surface area contributed by atoms with Crippen molar-refractivity contribution in [3.8, 4) is 22.5 Å². The molecule has 2 aromatic heterocycles. The van der Waals surface area contributed by atoms with Gasteiger partial charge in [-0.3, -0.25) is 0 Å². The first-order valence-corrected chi connectivity index (χ1v) is 41.2. The van der Waals surface area contributed by atoms with Crippen molar-refractivity contribution < 1.29 is 0 Å². The summed E-state index contributed by atoms with van der Waals surface area (Å²) in [6.07, 6.45) is 25.2. The van der Waals surface area contributed by atoms with E-state index in [1.54, 1.807) is 31.2 Å². The van der Waals surface area contributed by atoms with Crippen LogP contribution in [-0.2, 0) is 0 Å². The van der Waals surface area contributed by atoms with Crippen LogP contribution >= 0.6 is 0 Å². The van der Waals surface area contributed by atoms with E-state index in [4.69, 9.17) is 0 Å². The first-order chi connectivity index (χ1) is 48.6. The van der Waals surface area contributed by atoms with E-state index in [-0.39, 0.29) is 0 Å². The Balaban J connectivity index is -0.000000252. The van der Waals surface area contributed by atoms with Gasteiger partial charge in [-0.05, 0) is 166 Å². The third-order valence-electron chi connectivity index (χ3n) is 17.2. The summed E-state index contributed by atoms with van der Waals surface area (Å²) in [5.74, 6) is 7.65. The molecule has 576 valence electrons. The molecule has 0 atom stereocenters. The minimum atomic E-state index is 0.788. The molecular formula is C92H168N8. The van der Waals surface area contributed by atoms with Gasteiger partial charge in [0.25, 0.3) is 0 Å². The fourth-order valence-corrected chi connectivity index (χ4v) is 11.2. The molecule has 8 heteroatoms. The van der Waals surface area contributed by atoms with Gasteiger partial charge < -0.3 is 19.6 Å². The predicted octanol–water partition coefficient (Wildman–Crippen LogP) is 27.3. The Morgan fingerprint density at radius 1 is 0.270 bits per heavy atom. The predicted molar refractivity (Wildman–Crippen MR) is 458 cm³/mol. The largest absolute Gasteiger partial charge is 0.369 e. The number of hydrogen-bond acceptors (Lipinski definition) is 8. The number of hydrogen-bond donors (Lipinski definition) is 0. The minimum Gasteiger partial charge on any atom is -0.369 e. The summed E-state index contributed by atoms with van der Waals surface area (Å²) in [5.41, 5.74) is 12.5. The molecule has 6 aromatic rings. The van der Waals surface area contributed by atoms with Crippen molar-refractivity contribution in [2.45, 2.75) is 298 Å². The van der Waals surface area contributed by atoms with Crippen LogP contribution in [0.4, 0.5) is 5.69 Å². The van der Waals surface area contributed by atoms with Crippen molar-refractivity contribution in [3.63, 3.8) is 0 Å². The zero-order valence-electron chi connectivity index (χ0n) is 72.7. The van der Waals surface area contributed by atoms with Crippen LogP contribution in [0, 0.1) is 71.1 Å². The van der Waals surface area contributed by atoms with Gasteiger partial charge in [0.05, 0.1) is 0 Å². The van der Waals surface area contributed by atoms with Gasteiger partial charge in [-0.25, -0.2) is 19.9 Å². The van der Waals surface area contributed by atoms with E-state index in [0.717, 1.165) is 82.5 Å². The van der Waals surface area contributed by atoms with Gasteiger partial charge in [0.2, 0.25) is 0 Å². The third kappa shape index (κ3) is 50.1. The molecule has 5 aliphatic rings. The summed E-state index contributed by atoms with van der Waals surface area (Å²) >= 11 is 0. The standard InChI is InChI=1S/C14H26.C14H20.C12H18N2.2C12H12N2.C6H14N2.11C2H6/c2*1-11-3-7-13(8-4-11)14-9-5-12(2)6-10-14;1-11-3-5-12(6-4-11)14-9-7-13(2)8-10-14;1-9-3-5-11(6-4-9)12-7-13-10(2)14-8-12;1-9-3-5-11(6-4-9)12-13-7-10(2)8-14-12;1-7-3-5-8(2)6-4-7;11*1-2/h11-14H,3-10H2,1-2H3;3-4,7-8,12,14H,5-6,9-10H2,1-2H3;3-6H,7-10H2,1-2H3;2*3-8H,1-2H3;3-6H2,1-2H3;11*1-2H3. The highest BCUT2D eigenvalue weighted by Crippen LogP contribution is 2.41. The van der Waals surface area contributed by atoms with Crippen molar-refractivity contribution >= 4 is 5.69 Å². The van der Waals surface area contributed by atoms with E-state index in [1.165, 1.54) is 119 Å². The SMILES string of the molecule is CC.CC.CC.CC.CC.CC.CC.CC.CC.CC.CC.CC1CCC(C2CCC(C)CC2)CC1.CN1CCN(C)CC1.Cc1ccc(-c2cnc(C)nc2)cc1.Cc1ccc(-c2ncc(C)cn2)cc1.Cc1ccc(C2CCC(C)CC2)cc1.Cc1ccc(N2CCN(C)CC2)cc1. The van der Waals surface area contributed by atoms with Gasteiger partial charge in [-0.1, -0.05) is 319 Å². The number of benzene rings is 4. The van der Waals surface area contributed by atoms with Crippen molar-refractivity contribution in [2.24, 2.45) is 29.6 Å². The highest BCUT2D eigenvalue weighted by Gasteiger charge is 2.29. The van der Waals surface area contributed by atoms with Gasteiger partial charge in [-0.2, -0.15) is 0 Å². The maximum atomic E-state index is 4.27. The highest BCUT2D eigenvalue weighted by molar-refractivity contribution is 5.61. The summed E-state index contributed by atoms with van der Waals surface area (Å²) in [4.78, 5) is 26.4. The lowest BCUT2D eigenvalue weighted by Gasteiger charge is -2.36. The van der Waals surface area contributed by atoms with Crippen molar-refractivity contribution in [2.75, 3.05) is 78.4 Å². The van der Waals surface area contributed by atoms with Crippen LogP contribution in [0.25, 0.3) is 22.5 Å². The second-order valence-electron chi connectivity index (χ2n) is 24.5. The van der Waals surface area contributed by atoms with Crippen LogP contribution in [0.2, 0.25) is 0 Å². The monoisotopic (exact) mass is 1390 g/mol. The van der Waals surface area contributed by atoms with Gasteiger partial charge in [0, 0.05) is 94.0 Å². The molecule has 8 nitrogen and oxygen atoms in total. The maximum Gasteiger partial charge on any atom is 0.159 e. The summed E-state index contributed by atoms with van der Waals surface area (Å²) in [5, 5.41) is 0. The van der Waals surface area contributed by atoms with Crippen molar-refractivity contribution in [1.82, 2.24) is 34.6 Å². The molecular weight excluding hydrogens is 1220 g/mol. The molecule has 0 amide bonds. The van der Waals surface area contributed by atoms with E-state index in [1.807, 2.05) is 203 Å². The average molecular weight is 1390 g/mol. The zero-order chi connectivity index (χ0) is 77.8. The average Bonchev–Trinajstić information content (AvgIpc) is 0.919. The molecule has 0 spiro atoms. The van der Waals surface area contributed by atoms with Gasteiger partial charge in [0.15, 0.2) is 5.82 Å². The topological polar surface area (TPSA) is 64.5 Å². The summed E-state index contributed by atoms with van der Waals surface area (Å²) in [6.45, 7) is 73.1. The van der Waals surface area contributed by atoms with Crippen LogP contribution in [0.1, 0.15) is 295 Å². The Morgan fingerprint density at radius 2 is 0.540 bits per heavy atom. The fraction of sp³-hybridized carbons (Fsp3) is 0.652. The number of likely N-dealkylation sites (N-methyl/N-ethyl adjacent to an activating group) is 3. The molecule has 0 N–H and O–H groups in total. The Labute approximate surface area is 626 Å². The number of piperazine rings is 2. The van der Waals surface area contributed by atoms with Crippen molar-refractivity contribution in [1.29, 1.82) is 0 Å². The molecule has 4 aromatic carbocycles. The molecule has 2 saturated heterocycles. The summed E-state index contributed by atoms with van der Waals surface area (Å²) < 4.78 is 0. The van der Waals surface area contributed by atoms with Crippen LogP contribution in [-0.4, -0.2) is 108 Å². The smallest absolute Gasteiger partial charge is 0.159 e. The van der Waals surface area contributed by atoms with Crippen LogP contribution in [0.3, 0.4) is 0 Å². The van der Waals surface area contributed by atoms with Crippen LogP contribution in [0.5, 0.6) is 0 Å². The zero-order valence-corrected chi connectivity index (χ0v) is 72.7. The number of aryl methyl sites for hydroxylation is 6. The van der Waals surface area contributed by atoms with Gasteiger partial charge in [-0.15, -0.1) is 0 Å². The normalized spacial score (nSPS) is 18.4. The molecule has 11 rings (SSSR count). The third-order valence-corrected chi connectivity index (χ3v) is 17.2. The van der Waals surface area contributed by atoms with Crippen LogP contribution in [0.15, 0.2) is 122 Å². The molecule has 0 bridgehead atoms. The lowest BCUT2D eigenvalue weighted by Crippen LogP contribution is -2.44. The molecule has 3 saturated carbocycles. The Bertz CT molecular complexity index is 2240. The lowest BCUT2D eigenvalue weighted by molar-refractivity contribution is 0.155. The van der Waals surface area contributed by atoms with Gasteiger partial charge in [0.1, 0.15) is 5.82 Å². The number of aromatic nitrogens is 4. The van der Waals surface area contributed by atoms with E-state index in [0.29, 0.717) is 0 Å². The molecule has 3 aliphatic carbocycles. The number of anilines is 1. The second kappa shape index (κ2) is 73.5. The number of nitrogens with zero attached hydrogens (tertiary/aromatic N) is 8. The molecule has 100 heavy (non-hydrogen) atoms. The first kappa shape index (κ1) is 106. The van der Waals surface area contributed by atoms with E-state index < -0.39 is 0 Å². The maximum absolute atomic E-state index is 4.27. The molecule has 2 aliphatic heterocycles. The molecule has 0 unspecified atom stereocenters. The molecule has 0 radical (unpaired) electrons. The van der Waals surface area contributed by atoms with Crippen LogP contribution < -0.4 is 4.90 Å². The minimum absolute atomic E-state index is 0.788. The van der Waals surface area contributed by atoms with E-state index >= 15 is 0 Å². The second-order valence-corrected chi connectivity index (χ2v) is 24.5. The first-order valence-electron chi connectivity index (χ1n) is 41.2. The van der Waals surface area contributed by atoms with Crippen molar-refractivity contribution in [3.05, 3.63) is 161 Å². The fourth-order valence-electron chi connectivity index (χ4n) is 11.2. The quantitative estimate of drug-likeness (QED) is 0.169. The summed E-state index contributed by atoms with van der Waals surface area (Å²) in [7, 11) is 6.53. The Morgan fingerprint density at radius 3 is 0.860 bits per heavy atom. The highest BCUT2D eigenvalue weighted by atomic mass is 15.2.